The summed E-state index contributed by atoms with van der Waals surface area (Å²) in [5.74, 6) is 0.910. The molecule has 0 heterocycles. The molecule has 130 valence electrons. The van der Waals surface area contributed by atoms with Crippen molar-refractivity contribution in [2.75, 3.05) is 12.4 Å². The molecule has 2 nitrogen and oxygen atoms in total. The van der Waals surface area contributed by atoms with Gasteiger partial charge < -0.3 is 9.84 Å². The molecule has 2 rings (SSSR count). The van der Waals surface area contributed by atoms with Gasteiger partial charge in [0.2, 0.25) is 0 Å². The minimum Gasteiger partial charge on any atom is -0.392 e. The lowest BCUT2D eigenvalue weighted by molar-refractivity contribution is 0.0110. The first-order valence-corrected chi connectivity index (χ1v) is 9.60. The molecule has 0 spiro atoms. The molecule has 0 amide bonds. The monoisotopic (exact) mass is 344 g/mol. The highest BCUT2D eigenvalue weighted by molar-refractivity contribution is 7.99. The summed E-state index contributed by atoms with van der Waals surface area (Å²) in [5.41, 5.74) is 1.07. The third kappa shape index (κ3) is 5.97. The molecule has 2 aromatic carbocycles. The quantitative estimate of drug-likeness (QED) is 0.477. The molecule has 0 unspecified atom stereocenters. The minimum absolute atomic E-state index is 0.101. The Balaban J connectivity index is 1.76. The Labute approximate surface area is 150 Å². The van der Waals surface area contributed by atoms with Crippen LogP contribution in [0.5, 0.6) is 0 Å². The highest BCUT2D eigenvalue weighted by Crippen LogP contribution is 2.35. The largest absolute Gasteiger partial charge is 0.392 e. The number of benzene rings is 2. The smallest absolute Gasteiger partial charge is 0.0716 e. The number of rotatable bonds is 10. The molecule has 3 heteroatoms. The first-order valence-electron chi connectivity index (χ1n) is 8.61. The minimum atomic E-state index is -0.352. The van der Waals surface area contributed by atoms with E-state index in [1.807, 2.05) is 36.0 Å². The molecule has 0 bridgehead atoms. The molecule has 0 aromatic heterocycles. The van der Waals surface area contributed by atoms with E-state index in [4.69, 9.17) is 4.74 Å². The van der Waals surface area contributed by atoms with E-state index in [1.54, 1.807) is 0 Å². The summed E-state index contributed by atoms with van der Waals surface area (Å²) < 4.78 is 5.73. The van der Waals surface area contributed by atoms with Crippen LogP contribution in [-0.4, -0.2) is 23.6 Å². The van der Waals surface area contributed by atoms with Crippen molar-refractivity contribution in [1.29, 1.82) is 0 Å². The zero-order chi connectivity index (χ0) is 17.3. The molecule has 0 aliphatic carbocycles. The Bertz CT molecular complexity index is 573. The number of hydrogen-bond donors (Lipinski definition) is 1. The van der Waals surface area contributed by atoms with Gasteiger partial charge in [-0.1, -0.05) is 62.4 Å². The molecule has 0 saturated heterocycles. The zero-order valence-corrected chi connectivity index (χ0v) is 15.5. The summed E-state index contributed by atoms with van der Waals surface area (Å²) >= 11 is 1.82. The van der Waals surface area contributed by atoms with Gasteiger partial charge in [0.15, 0.2) is 0 Å². The van der Waals surface area contributed by atoms with E-state index in [9.17, 15) is 5.11 Å². The van der Waals surface area contributed by atoms with Gasteiger partial charge in [-0.25, -0.2) is 0 Å². The maximum absolute atomic E-state index is 10.7. The van der Waals surface area contributed by atoms with Crippen molar-refractivity contribution in [2.24, 2.45) is 5.41 Å². The fourth-order valence-corrected chi connectivity index (χ4v) is 3.75. The SMILES string of the molecule is CC[C@@](C)(CSc1ccccc1)[C@H](O)CCOCc1ccccc1. The number of ether oxygens (including phenoxy) is 1. The van der Waals surface area contributed by atoms with Crippen molar-refractivity contribution < 1.29 is 9.84 Å². The van der Waals surface area contributed by atoms with E-state index < -0.39 is 0 Å². The molecule has 0 aliphatic heterocycles. The zero-order valence-electron chi connectivity index (χ0n) is 14.7. The molecule has 0 radical (unpaired) electrons. The molecule has 0 fully saturated rings. The van der Waals surface area contributed by atoms with Gasteiger partial charge >= 0.3 is 0 Å². The maximum Gasteiger partial charge on any atom is 0.0716 e. The number of aliphatic hydroxyl groups is 1. The second-order valence-corrected chi connectivity index (χ2v) is 7.50. The van der Waals surface area contributed by atoms with Crippen LogP contribution in [0.25, 0.3) is 0 Å². The lowest BCUT2D eigenvalue weighted by atomic mass is 9.82. The molecular formula is C21H28O2S. The first-order chi connectivity index (χ1) is 11.6. The summed E-state index contributed by atoms with van der Waals surface area (Å²) in [4.78, 5) is 1.25. The van der Waals surface area contributed by atoms with E-state index in [0.717, 1.165) is 12.2 Å². The van der Waals surface area contributed by atoms with Crippen molar-refractivity contribution >= 4 is 11.8 Å². The highest BCUT2D eigenvalue weighted by atomic mass is 32.2. The van der Waals surface area contributed by atoms with E-state index in [0.29, 0.717) is 19.6 Å². The van der Waals surface area contributed by atoms with Crippen LogP contribution in [0.3, 0.4) is 0 Å². The fourth-order valence-electron chi connectivity index (χ4n) is 2.51. The van der Waals surface area contributed by atoms with Gasteiger partial charge in [-0.2, -0.15) is 0 Å². The van der Waals surface area contributed by atoms with Crippen LogP contribution in [0.4, 0.5) is 0 Å². The molecule has 2 aromatic rings. The fraction of sp³-hybridized carbons (Fsp3) is 0.429. The second kappa shape index (κ2) is 9.87. The summed E-state index contributed by atoms with van der Waals surface area (Å²) in [5, 5.41) is 10.7. The Morgan fingerprint density at radius 1 is 1.04 bits per heavy atom. The molecule has 2 atom stereocenters. The predicted octanol–water partition coefficient (Wildman–Crippen LogP) is 5.16. The van der Waals surface area contributed by atoms with Crippen LogP contribution in [0.15, 0.2) is 65.6 Å². The van der Waals surface area contributed by atoms with Gasteiger partial charge in [-0.3, -0.25) is 0 Å². The Hall–Kier alpha value is -1.29. The molecule has 0 saturated carbocycles. The molecular weight excluding hydrogens is 316 g/mol. The van der Waals surface area contributed by atoms with Gasteiger partial charge in [-0.05, 0) is 30.5 Å². The topological polar surface area (TPSA) is 29.5 Å². The van der Waals surface area contributed by atoms with E-state index >= 15 is 0 Å². The van der Waals surface area contributed by atoms with E-state index in [1.165, 1.54) is 10.5 Å². The standard InChI is InChI=1S/C21H28O2S/c1-3-21(2,17-24-19-12-8-5-9-13-19)20(22)14-15-23-16-18-10-6-4-7-11-18/h4-13,20,22H,3,14-17H2,1-2H3/t20-,21+/m1/s1. The summed E-state index contributed by atoms with van der Waals surface area (Å²) in [6.45, 7) is 5.52. The lowest BCUT2D eigenvalue weighted by Gasteiger charge is -2.33. The van der Waals surface area contributed by atoms with E-state index in [2.05, 4.69) is 50.2 Å². The number of hydrogen-bond acceptors (Lipinski definition) is 3. The van der Waals surface area contributed by atoms with Crippen LogP contribution < -0.4 is 0 Å². The lowest BCUT2D eigenvalue weighted by Crippen LogP contribution is -2.35. The van der Waals surface area contributed by atoms with Gasteiger partial charge in [-0.15, -0.1) is 11.8 Å². The van der Waals surface area contributed by atoms with Crippen molar-refractivity contribution in [3.05, 3.63) is 66.2 Å². The second-order valence-electron chi connectivity index (χ2n) is 6.45. The van der Waals surface area contributed by atoms with Crippen molar-refractivity contribution in [3.63, 3.8) is 0 Å². The third-order valence-electron chi connectivity index (χ3n) is 4.57. The highest BCUT2D eigenvalue weighted by Gasteiger charge is 2.31. The summed E-state index contributed by atoms with van der Waals surface area (Å²) in [6.07, 6.45) is 1.27. The van der Waals surface area contributed by atoms with Gasteiger partial charge in [0.1, 0.15) is 0 Å². The third-order valence-corrected chi connectivity index (χ3v) is 5.98. The van der Waals surface area contributed by atoms with Crippen LogP contribution >= 0.6 is 11.8 Å². The van der Waals surface area contributed by atoms with E-state index in [-0.39, 0.29) is 11.5 Å². The molecule has 1 N–H and O–H groups in total. The molecule has 0 aliphatic rings. The van der Waals surface area contributed by atoms with Crippen LogP contribution in [-0.2, 0) is 11.3 Å². The average Bonchev–Trinajstić information content (AvgIpc) is 2.64. The van der Waals surface area contributed by atoms with Crippen LogP contribution in [0.2, 0.25) is 0 Å². The normalized spacial score (nSPS) is 15.0. The van der Waals surface area contributed by atoms with Crippen LogP contribution in [0, 0.1) is 5.41 Å². The van der Waals surface area contributed by atoms with Gasteiger partial charge in [0.25, 0.3) is 0 Å². The number of thioether (sulfide) groups is 1. The van der Waals surface area contributed by atoms with Crippen molar-refractivity contribution in [1.82, 2.24) is 0 Å². The van der Waals surface area contributed by atoms with Crippen molar-refractivity contribution in [3.8, 4) is 0 Å². The Kier molecular flexibility index (Phi) is 7.83. The number of aliphatic hydroxyl groups excluding tert-OH is 1. The summed E-state index contributed by atoms with van der Waals surface area (Å²) in [6, 6.07) is 20.5. The van der Waals surface area contributed by atoms with Gasteiger partial charge in [0.05, 0.1) is 12.7 Å². The van der Waals surface area contributed by atoms with Crippen molar-refractivity contribution in [2.45, 2.75) is 44.3 Å². The maximum atomic E-state index is 10.7. The van der Waals surface area contributed by atoms with Crippen LogP contribution in [0.1, 0.15) is 32.3 Å². The Morgan fingerprint density at radius 2 is 1.67 bits per heavy atom. The molecule has 24 heavy (non-hydrogen) atoms. The predicted molar refractivity (Wildman–Crippen MR) is 102 cm³/mol. The first kappa shape index (κ1) is 19.0. The summed E-state index contributed by atoms with van der Waals surface area (Å²) in [7, 11) is 0. The average molecular weight is 345 g/mol. The Morgan fingerprint density at radius 3 is 2.29 bits per heavy atom. The van der Waals surface area contributed by atoms with Gasteiger partial charge in [0, 0.05) is 22.7 Å².